The quantitative estimate of drug-likeness (QED) is 0.516. The van der Waals surface area contributed by atoms with E-state index in [0.29, 0.717) is 17.4 Å². The number of hydrogen-bond donors (Lipinski definition) is 2. The summed E-state index contributed by atoms with van der Waals surface area (Å²) in [5, 5.41) is 0.449. The van der Waals surface area contributed by atoms with Crippen molar-refractivity contribution in [2.24, 2.45) is 5.73 Å². The van der Waals surface area contributed by atoms with E-state index in [-0.39, 0.29) is 11.9 Å². The van der Waals surface area contributed by atoms with Gasteiger partial charge in [0.2, 0.25) is 0 Å². The first-order valence-corrected chi connectivity index (χ1v) is 8.58. The number of imidazole rings is 1. The molecule has 0 spiro atoms. The molecule has 0 radical (unpaired) electrons. The summed E-state index contributed by atoms with van der Waals surface area (Å²) in [4.78, 5) is 11.9. The molecule has 0 bridgehead atoms. The number of pyridine rings is 1. The van der Waals surface area contributed by atoms with Gasteiger partial charge in [0, 0.05) is 6.20 Å². The Morgan fingerprint density at radius 2 is 1.92 bits per heavy atom. The van der Waals surface area contributed by atoms with Crippen LogP contribution in [-0.4, -0.2) is 15.0 Å². The van der Waals surface area contributed by atoms with Gasteiger partial charge in [-0.3, -0.25) is 0 Å². The van der Waals surface area contributed by atoms with Crippen LogP contribution in [0.2, 0.25) is 5.15 Å². The molecule has 3 N–H and O–H groups in total. The number of nitrogens with zero attached hydrogens (tertiary/aromatic N) is 2. The fraction of sp³-hybridized carbons (Fsp3) is 0.100. The zero-order valence-electron chi connectivity index (χ0n) is 13.8. The van der Waals surface area contributed by atoms with Crippen LogP contribution < -0.4 is 5.73 Å². The molecule has 2 aromatic heterocycles. The molecule has 0 unspecified atom stereocenters. The number of fused-ring (bicyclic) bond motifs is 1. The van der Waals surface area contributed by atoms with Crippen molar-refractivity contribution in [3.05, 3.63) is 83.2 Å². The van der Waals surface area contributed by atoms with E-state index < -0.39 is 0 Å². The highest BCUT2D eigenvalue weighted by Crippen LogP contribution is 2.26. The number of H-pyrrole nitrogens is 1. The molecule has 0 fully saturated rings. The van der Waals surface area contributed by atoms with E-state index in [9.17, 15) is 4.39 Å². The maximum absolute atomic E-state index is 13.3. The number of hydrogen-bond acceptors (Lipinski definition) is 3. The molecule has 0 aliphatic heterocycles. The van der Waals surface area contributed by atoms with Crippen molar-refractivity contribution < 1.29 is 4.39 Å². The van der Waals surface area contributed by atoms with E-state index >= 15 is 0 Å². The summed E-state index contributed by atoms with van der Waals surface area (Å²) < 4.78 is 13.3. The Hall–Kier alpha value is -2.76. The first-order valence-electron chi connectivity index (χ1n) is 8.20. The van der Waals surface area contributed by atoms with E-state index in [4.69, 9.17) is 17.3 Å². The molecule has 0 saturated heterocycles. The van der Waals surface area contributed by atoms with Crippen LogP contribution in [0.1, 0.15) is 17.4 Å². The fourth-order valence-corrected chi connectivity index (χ4v) is 3.15. The Morgan fingerprint density at radius 3 is 2.73 bits per heavy atom. The maximum Gasteiger partial charge on any atom is 0.129 e. The van der Waals surface area contributed by atoms with Gasteiger partial charge < -0.3 is 10.7 Å². The van der Waals surface area contributed by atoms with Gasteiger partial charge in [-0.15, -0.1) is 0 Å². The summed E-state index contributed by atoms with van der Waals surface area (Å²) in [5.41, 5.74) is 10.8. The monoisotopic (exact) mass is 366 g/mol. The first kappa shape index (κ1) is 16.7. The van der Waals surface area contributed by atoms with Crippen LogP contribution in [0.15, 0.2) is 60.8 Å². The molecule has 1 atom stereocenters. The number of nitrogens with two attached hydrogens (primary N) is 1. The highest BCUT2D eigenvalue weighted by Gasteiger charge is 2.13. The van der Waals surface area contributed by atoms with Crippen molar-refractivity contribution >= 4 is 22.6 Å². The van der Waals surface area contributed by atoms with Gasteiger partial charge in [-0.25, -0.2) is 14.4 Å². The van der Waals surface area contributed by atoms with Crippen LogP contribution in [0, 0.1) is 5.82 Å². The van der Waals surface area contributed by atoms with Crippen LogP contribution >= 0.6 is 11.6 Å². The molecule has 4 rings (SSSR count). The second-order valence-corrected chi connectivity index (χ2v) is 6.55. The number of aromatic amines is 1. The van der Waals surface area contributed by atoms with Crippen molar-refractivity contribution in [3.8, 4) is 11.1 Å². The third kappa shape index (κ3) is 3.45. The summed E-state index contributed by atoms with van der Waals surface area (Å²) in [6.45, 7) is 0. The smallest absolute Gasteiger partial charge is 0.129 e. The van der Waals surface area contributed by atoms with Gasteiger partial charge >= 0.3 is 0 Å². The lowest BCUT2D eigenvalue weighted by Gasteiger charge is -2.08. The minimum absolute atomic E-state index is 0.264. The van der Waals surface area contributed by atoms with E-state index in [0.717, 1.165) is 27.7 Å². The Bertz CT molecular complexity index is 1080. The lowest BCUT2D eigenvalue weighted by Crippen LogP contribution is -2.15. The summed E-state index contributed by atoms with van der Waals surface area (Å²) in [5.74, 6) is 0.411. The average molecular weight is 367 g/mol. The molecule has 0 aliphatic carbocycles. The molecule has 0 aliphatic rings. The first-order chi connectivity index (χ1) is 12.6. The number of rotatable bonds is 4. The van der Waals surface area contributed by atoms with Crippen LogP contribution in [0.5, 0.6) is 0 Å². The molecular formula is C20H16ClFN4. The lowest BCUT2D eigenvalue weighted by molar-refractivity contribution is 0.619. The third-order valence-corrected chi connectivity index (χ3v) is 4.46. The zero-order valence-corrected chi connectivity index (χ0v) is 14.5. The molecule has 4 nitrogen and oxygen atoms in total. The molecule has 130 valence electrons. The Kier molecular flexibility index (Phi) is 4.41. The fourth-order valence-electron chi connectivity index (χ4n) is 2.98. The molecule has 2 heterocycles. The molecule has 4 aromatic rings. The second kappa shape index (κ2) is 6.86. The second-order valence-electron chi connectivity index (χ2n) is 6.16. The molecule has 0 amide bonds. The van der Waals surface area contributed by atoms with E-state index in [1.165, 1.54) is 12.1 Å². The molecule has 2 aromatic carbocycles. The van der Waals surface area contributed by atoms with E-state index in [1.807, 2.05) is 36.4 Å². The Morgan fingerprint density at radius 1 is 1.08 bits per heavy atom. The van der Waals surface area contributed by atoms with Gasteiger partial charge in [0.1, 0.15) is 16.8 Å². The molecule has 0 saturated carbocycles. The van der Waals surface area contributed by atoms with E-state index in [2.05, 4.69) is 15.0 Å². The topological polar surface area (TPSA) is 67.6 Å². The zero-order chi connectivity index (χ0) is 18.1. The van der Waals surface area contributed by atoms with Crippen LogP contribution in [0.25, 0.3) is 22.2 Å². The number of halogens is 2. The maximum atomic E-state index is 13.3. The molecule has 6 heteroatoms. The molecule has 26 heavy (non-hydrogen) atoms. The Labute approximate surface area is 154 Å². The van der Waals surface area contributed by atoms with Crippen molar-refractivity contribution in [2.45, 2.75) is 12.5 Å². The number of nitrogens with one attached hydrogen (secondary N) is 1. The summed E-state index contributed by atoms with van der Waals surface area (Å²) >= 11 is 5.97. The van der Waals surface area contributed by atoms with Crippen molar-refractivity contribution in [2.75, 3.05) is 0 Å². The van der Waals surface area contributed by atoms with Gasteiger partial charge in [0.05, 0.1) is 17.1 Å². The van der Waals surface area contributed by atoms with Crippen molar-refractivity contribution in [1.82, 2.24) is 15.0 Å². The summed E-state index contributed by atoms with van der Waals surface area (Å²) in [6.07, 6.45) is 2.18. The average Bonchev–Trinajstić information content (AvgIpc) is 3.05. The minimum atomic E-state index is -0.344. The SMILES string of the molecule is N[C@H](Cc1cccc(F)c1)c1nc2ccc(-c3ccnc(Cl)c3)cc2[nH]1. The normalized spacial score (nSPS) is 12.4. The number of benzene rings is 2. The highest BCUT2D eigenvalue weighted by molar-refractivity contribution is 6.29. The van der Waals surface area contributed by atoms with Crippen LogP contribution in [0.3, 0.4) is 0 Å². The Balaban J connectivity index is 1.63. The van der Waals surface area contributed by atoms with Crippen LogP contribution in [-0.2, 0) is 6.42 Å². The van der Waals surface area contributed by atoms with Gasteiger partial charge in [-0.05, 0) is 59.5 Å². The minimum Gasteiger partial charge on any atom is -0.341 e. The van der Waals surface area contributed by atoms with Gasteiger partial charge in [-0.1, -0.05) is 29.8 Å². The predicted molar refractivity (Wildman–Crippen MR) is 101 cm³/mol. The van der Waals surface area contributed by atoms with Crippen molar-refractivity contribution in [1.29, 1.82) is 0 Å². The summed E-state index contributed by atoms with van der Waals surface area (Å²) in [6, 6.07) is 15.8. The third-order valence-electron chi connectivity index (χ3n) is 4.26. The summed E-state index contributed by atoms with van der Waals surface area (Å²) in [7, 11) is 0. The van der Waals surface area contributed by atoms with Crippen LogP contribution in [0.4, 0.5) is 4.39 Å². The van der Waals surface area contributed by atoms with Gasteiger partial charge in [-0.2, -0.15) is 0 Å². The standard InChI is InChI=1S/C20H16ClFN4/c21-19-11-14(6-7-24-19)13-4-5-17-18(10-13)26-20(25-17)16(23)9-12-2-1-3-15(22)8-12/h1-8,10-11,16H,9,23H2,(H,25,26)/t16-/m1/s1. The largest absolute Gasteiger partial charge is 0.341 e. The van der Waals surface area contributed by atoms with Gasteiger partial charge in [0.15, 0.2) is 0 Å². The molecular weight excluding hydrogens is 351 g/mol. The van der Waals surface area contributed by atoms with E-state index in [1.54, 1.807) is 12.3 Å². The van der Waals surface area contributed by atoms with Gasteiger partial charge in [0.25, 0.3) is 0 Å². The lowest BCUT2D eigenvalue weighted by atomic mass is 10.1. The highest BCUT2D eigenvalue weighted by atomic mass is 35.5. The number of aromatic nitrogens is 3. The predicted octanol–water partition coefficient (Wildman–Crippen LogP) is 4.66. The van der Waals surface area contributed by atoms with Crippen molar-refractivity contribution in [3.63, 3.8) is 0 Å².